The number of benzene rings is 3. The van der Waals surface area contributed by atoms with E-state index in [2.05, 4.69) is 15.4 Å². The molecule has 6 nitrogen and oxygen atoms in total. The molecule has 0 spiro atoms. The molecule has 0 aliphatic heterocycles. The molecule has 4 rings (SSSR count). The van der Waals surface area contributed by atoms with Crippen LogP contribution in [-0.4, -0.2) is 27.3 Å². The predicted octanol–water partition coefficient (Wildman–Crippen LogP) is 5.55. The van der Waals surface area contributed by atoms with Crippen molar-refractivity contribution in [1.29, 1.82) is 0 Å². The zero-order valence-corrected chi connectivity index (χ0v) is 17.9. The molecule has 0 aliphatic rings. The van der Waals surface area contributed by atoms with Gasteiger partial charge in [0.1, 0.15) is 5.75 Å². The van der Waals surface area contributed by atoms with Gasteiger partial charge < -0.3 is 10.1 Å². The van der Waals surface area contributed by atoms with Gasteiger partial charge in [-0.05, 0) is 55.8 Å². The summed E-state index contributed by atoms with van der Waals surface area (Å²) < 4.78 is 7.18. The molecule has 1 aromatic heterocycles. The number of hydrogen-bond acceptors (Lipinski definition) is 4. The van der Waals surface area contributed by atoms with Gasteiger partial charge in [0.05, 0.1) is 12.3 Å². The van der Waals surface area contributed by atoms with Crippen molar-refractivity contribution < 1.29 is 9.53 Å². The highest BCUT2D eigenvalue weighted by atomic mass is 35.5. The maximum absolute atomic E-state index is 12.9. The van der Waals surface area contributed by atoms with Gasteiger partial charge in [-0.1, -0.05) is 48.0 Å². The van der Waals surface area contributed by atoms with Crippen LogP contribution in [0.3, 0.4) is 0 Å². The number of aromatic nitrogens is 3. The summed E-state index contributed by atoms with van der Waals surface area (Å²) >= 11 is 6.07. The minimum absolute atomic E-state index is 0.0621. The number of ether oxygens (including phenoxy) is 1. The molecule has 0 bridgehead atoms. The molecule has 0 saturated heterocycles. The van der Waals surface area contributed by atoms with Crippen molar-refractivity contribution in [3.05, 3.63) is 89.2 Å². The molecule has 4 aromatic rings. The molecule has 156 valence electrons. The minimum Gasteiger partial charge on any atom is -0.494 e. The lowest BCUT2D eigenvalue weighted by Gasteiger charge is -2.08. The lowest BCUT2D eigenvalue weighted by Crippen LogP contribution is -2.15. The number of carbonyl (C=O) groups is 1. The highest BCUT2D eigenvalue weighted by Gasteiger charge is 2.19. The molecule has 1 N–H and O–H groups in total. The van der Waals surface area contributed by atoms with Crippen LogP contribution >= 0.6 is 11.6 Å². The van der Waals surface area contributed by atoms with Gasteiger partial charge >= 0.3 is 0 Å². The zero-order chi connectivity index (χ0) is 21.8. The molecule has 1 amide bonds. The van der Waals surface area contributed by atoms with E-state index < -0.39 is 5.91 Å². The van der Waals surface area contributed by atoms with Crippen molar-refractivity contribution in [3.8, 4) is 22.8 Å². The van der Waals surface area contributed by atoms with E-state index in [1.165, 1.54) is 0 Å². The number of aryl methyl sites for hydroxylation is 1. The Morgan fingerprint density at radius 3 is 2.52 bits per heavy atom. The summed E-state index contributed by atoms with van der Waals surface area (Å²) in [5.74, 6) is 0.985. The van der Waals surface area contributed by atoms with Crippen LogP contribution in [0.5, 0.6) is 5.75 Å². The van der Waals surface area contributed by atoms with Crippen molar-refractivity contribution in [2.75, 3.05) is 11.9 Å². The average Bonchev–Trinajstić information content (AvgIpc) is 3.23. The monoisotopic (exact) mass is 432 g/mol. The molecule has 0 aliphatic carbocycles. The highest BCUT2D eigenvalue weighted by Crippen LogP contribution is 2.24. The van der Waals surface area contributed by atoms with Gasteiger partial charge in [-0.25, -0.2) is 9.67 Å². The average molecular weight is 433 g/mol. The van der Waals surface area contributed by atoms with Gasteiger partial charge in [-0.15, -0.1) is 5.10 Å². The topological polar surface area (TPSA) is 69.0 Å². The number of nitrogens with one attached hydrogen (secondary N) is 1. The SMILES string of the molecule is CCOc1ccc(-n2nc(C(=O)Nc3cc(Cl)ccc3C)nc2-c2ccccc2)cc1. The van der Waals surface area contributed by atoms with E-state index in [0.29, 0.717) is 23.1 Å². The van der Waals surface area contributed by atoms with E-state index >= 15 is 0 Å². The van der Waals surface area contributed by atoms with E-state index in [-0.39, 0.29) is 5.82 Å². The Morgan fingerprint density at radius 2 is 1.81 bits per heavy atom. The second kappa shape index (κ2) is 9.02. The number of anilines is 1. The molecule has 0 saturated carbocycles. The smallest absolute Gasteiger partial charge is 0.295 e. The molecule has 7 heteroatoms. The first kappa shape index (κ1) is 20.6. The lowest BCUT2D eigenvalue weighted by molar-refractivity contribution is 0.101. The first-order chi connectivity index (χ1) is 15.0. The van der Waals surface area contributed by atoms with Crippen LogP contribution in [0.1, 0.15) is 23.1 Å². The molecular formula is C24H21ClN4O2. The molecular weight excluding hydrogens is 412 g/mol. The number of hydrogen-bond donors (Lipinski definition) is 1. The highest BCUT2D eigenvalue weighted by molar-refractivity contribution is 6.31. The van der Waals surface area contributed by atoms with Gasteiger partial charge in [0, 0.05) is 16.3 Å². The Hall–Kier alpha value is -3.64. The summed E-state index contributed by atoms with van der Waals surface area (Å²) in [5.41, 5.74) is 3.14. The van der Waals surface area contributed by atoms with E-state index in [1.807, 2.05) is 74.5 Å². The summed E-state index contributed by atoms with van der Waals surface area (Å²) in [6, 6.07) is 22.4. The quantitative estimate of drug-likeness (QED) is 0.434. The standard InChI is InChI=1S/C24H21ClN4O2/c1-3-31-20-13-11-19(12-14-20)29-23(17-7-5-4-6-8-17)27-22(28-29)24(30)26-21-15-18(25)10-9-16(21)2/h4-15H,3H2,1-2H3,(H,26,30). The van der Waals surface area contributed by atoms with Crippen molar-refractivity contribution >= 4 is 23.2 Å². The second-order valence-electron chi connectivity index (χ2n) is 6.88. The number of amides is 1. The van der Waals surface area contributed by atoms with Gasteiger partial charge in [0.25, 0.3) is 5.91 Å². The summed E-state index contributed by atoms with van der Waals surface area (Å²) in [6.07, 6.45) is 0. The third kappa shape index (κ3) is 4.59. The van der Waals surface area contributed by atoms with Crippen LogP contribution < -0.4 is 10.1 Å². The van der Waals surface area contributed by atoms with E-state index in [9.17, 15) is 4.79 Å². The Balaban J connectivity index is 1.72. The molecule has 1 heterocycles. The largest absolute Gasteiger partial charge is 0.494 e. The van der Waals surface area contributed by atoms with Crippen molar-refractivity contribution in [1.82, 2.24) is 14.8 Å². The second-order valence-corrected chi connectivity index (χ2v) is 7.31. The van der Waals surface area contributed by atoms with Crippen LogP contribution in [0.2, 0.25) is 5.02 Å². The number of halogens is 1. The van der Waals surface area contributed by atoms with Crippen LogP contribution in [-0.2, 0) is 0 Å². The number of nitrogens with zero attached hydrogens (tertiary/aromatic N) is 3. The van der Waals surface area contributed by atoms with Crippen molar-refractivity contribution in [3.63, 3.8) is 0 Å². The normalized spacial score (nSPS) is 10.7. The Kier molecular flexibility index (Phi) is 6.00. The first-order valence-corrected chi connectivity index (χ1v) is 10.3. The fourth-order valence-electron chi connectivity index (χ4n) is 3.12. The summed E-state index contributed by atoms with van der Waals surface area (Å²) in [7, 11) is 0. The van der Waals surface area contributed by atoms with Gasteiger partial charge in [-0.3, -0.25) is 4.79 Å². The zero-order valence-electron chi connectivity index (χ0n) is 17.2. The Bertz CT molecular complexity index is 1200. The van der Waals surface area contributed by atoms with Crippen LogP contribution in [0.15, 0.2) is 72.8 Å². The first-order valence-electron chi connectivity index (χ1n) is 9.88. The maximum Gasteiger partial charge on any atom is 0.295 e. The van der Waals surface area contributed by atoms with Crippen molar-refractivity contribution in [2.45, 2.75) is 13.8 Å². The lowest BCUT2D eigenvalue weighted by atomic mass is 10.2. The molecule has 0 fully saturated rings. The van der Waals surface area contributed by atoms with Crippen LogP contribution in [0.4, 0.5) is 5.69 Å². The predicted molar refractivity (Wildman–Crippen MR) is 122 cm³/mol. The van der Waals surface area contributed by atoms with E-state index in [4.69, 9.17) is 16.3 Å². The third-order valence-corrected chi connectivity index (χ3v) is 4.92. The Morgan fingerprint density at radius 1 is 1.06 bits per heavy atom. The van der Waals surface area contributed by atoms with Gasteiger partial charge in [-0.2, -0.15) is 0 Å². The Labute approximate surface area is 185 Å². The molecule has 0 radical (unpaired) electrons. The van der Waals surface area contributed by atoms with Crippen LogP contribution in [0, 0.1) is 6.92 Å². The fourth-order valence-corrected chi connectivity index (χ4v) is 3.29. The minimum atomic E-state index is -0.410. The molecule has 3 aromatic carbocycles. The third-order valence-electron chi connectivity index (χ3n) is 4.68. The number of carbonyl (C=O) groups excluding carboxylic acids is 1. The summed E-state index contributed by atoms with van der Waals surface area (Å²) in [4.78, 5) is 17.5. The molecule has 31 heavy (non-hydrogen) atoms. The van der Waals surface area contributed by atoms with Gasteiger partial charge in [0.15, 0.2) is 5.82 Å². The van der Waals surface area contributed by atoms with E-state index in [1.54, 1.807) is 16.8 Å². The summed E-state index contributed by atoms with van der Waals surface area (Å²) in [6.45, 7) is 4.42. The van der Waals surface area contributed by atoms with Crippen molar-refractivity contribution in [2.24, 2.45) is 0 Å². The van der Waals surface area contributed by atoms with Crippen LogP contribution in [0.25, 0.3) is 17.1 Å². The number of rotatable bonds is 6. The van der Waals surface area contributed by atoms with Gasteiger partial charge in [0.2, 0.25) is 5.82 Å². The van der Waals surface area contributed by atoms with E-state index in [0.717, 1.165) is 22.6 Å². The maximum atomic E-state index is 12.9. The summed E-state index contributed by atoms with van der Waals surface area (Å²) in [5, 5.41) is 7.90. The molecule has 0 atom stereocenters. The molecule has 0 unspecified atom stereocenters. The fraction of sp³-hybridized carbons (Fsp3) is 0.125.